The third kappa shape index (κ3) is 4.75. The summed E-state index contributed by atoms with van der Waals surface area (Å²) in [4.78, 5) is 15.0. The minimum Gasteiger partial charge on any atom is -0.493 e. The van der Waals surface area contributed by atoms with Crippen LogP contribution >= 0.6 is 23.1 Å². The maximum absolute atomic E-state index is 13.1. The molecule has 2 aromatic carbocycles. The Hall–Kier alpha value is -2.84. The first kappa shape index (κ1) is 21.4. The lowest BCUT2D eigenvalue weighted by molar-refractivity contribution is -0.130. The van der Waals surface area contributed by atoms with Gasteiger partial charge >= 0.3 is 0 Å². The molecule has 0 unspecified atom stereocenters. The van der Waals surface area contributed by atoms with E-state index in [1.54, 1.807) is 42.7 Å². The zero-order chi connectivity index (χ0) is 21.8. The second-order valence-corrected chi connectivity index (χ2v) is 8.84. The summed E-state index contributed by atoms with van der Waals surface area (Å²) in [5, 5.41) is 8.24. The molecular formula is C23H21FN2O3S2. The van der Waals surface area contributed by atoms with Gasteiger partial charge in [0.15, 0.2) is 11.5 Å². The van der Waals surface area contributed by atoms with Crippen molar-refractivity contribution in [2.45, 2.75) is 17.4 Å². The van der Waals surface area contributed by atoms with E-state index >= 15 is 0 Å². The number of hydrogen-bond acceptors (Lipinski definition) is 6. The van der Waals surface area contributed by atoms with Gasteiger partial charge in [-0.15, -0.1) is 23.1 Å². The Morgan fingerprint density at radius 2 is 1.94 bits per heavy atom. The number of carbonyl (C=O) groups excluding carboxylic acids is 1. The summed E-state index contributed by atoms with van der Waals surface area (Å²) >= 11 is 2.97. The minimum absolute atomic E-state index is 0.110. The van der Waals surface area contributed by atoms with Gasteiger partial charge in [0.2, 0.25) is 0 Å². The van der Waals surface area contributed by atoms with Crippen molar-refractivity contribution in [3.63, 3.8) is 0 Å². The Balaban J connectivity index is 1.59. The molecule has 0 radical (unpaired) electrons. The average Bonchev–Trinajstić information content (AvgIpc) is 3.48. The van der Waals surface area contributed by atoms with Crippen LogP contribution in [0.1, 0.15) is 22.9 Å². The molecule has 5 nitrogen and oxygen atoms in total. The first-order chi connectivity index (χ1) is 15.1. The molecule has 1 amide bonds. The third-order valence-corrected chi connectivity index (χ3v) is 6.86. The summed E-state index contributed by atoms with van der Waals surface area (Å²) in [5.74, 6) is 1.04. The molecule has 160 valence electrons. The van der Waals surface area contributed by atoms with E-state index in [9.17, 15) is 9.18 Å². The van der Waals surface area contributed by atoms with Gasteiger partial charge in [-0.2, -0.15) is 5.10 Å². The summed E-state index contributed by atoms with van der Waals surface area (Å²) in [5.41, 5.74) is 1.81. The molecule has 1 aliphatic rings. The fraction of sp³-hybridized carbons (Fsp3) is 0.217. The van der Waals surface area contributed by atoms with Crippen LogP contribution in [0.25, 0.3) is 0 Å². The fourth-order valence-electron chi connectivity index (χ4n) is 3.39. The van der Waals surface area contributed by atoms with Crippen molar-refractivity contribution in [1.82, 2.24) is 5.01 Å². The molecule has 0 fully saturated rings. The first-order valence-electron chi connectivity index (χ1n) is 9.62. The molecule has 1 atom stereocenters. The highest BCUT2D eigenvalue weighted by molar-refractivity contribution is 8.00. The smallest absolute Gasteiger partial charge is 0.253 e. The molecule has 0 spiro atoms. The minimum atomic E-state index is -0.297. The van der Waals surface area contributed by atoms with Crippen molar-refractivity contribution >= 4 is 34.7 Å². The van der Waals surface area contributed by atoms with Crippen LogP contribution in [0.5, 0.6) is 11.5 Å². The molecule has 8 heteroatoms. The van der Waals surface area contributed by atoms with Crippen LogP contribution in [0.15, 0.2) is 70.0 Å². The van der Waals surface area contributed by atoms with Crippen molar-refractivity contribution in [3.05, 3.63) is 76.2 Å². The number of thiophene rings is 1. The van der Waals surface area contributed by atoms with Gasteiger partial charge in [-0.1, -0.05) is 12.1 Å². The fourth-order valence-corrected chi connectivity index (χ4v) is 4.87. The standard InChI is InChI=1S/C23H21FN2O3S2/c1-28-20-10-5-15(12-21(20)29-2)19-13-18(22-4-3-11-30-22)25-26(19)23(27)14-31-17-8-6-16(24)7-9-17/h3-12,19H,13-14H2,1-2H3/t19-/m1/s1. The highest BCUT2D eigenvalue weighted by Gasteiger charge is 2.33. The van der Waals surface area contributed by atoms with E-state index in [-0.39, 0.29) is 23.5 Å². The molecule has 4 rings (SSSR count). The van der Waals surface area contributed by atoms with Gasteiger partial charge in [0.25, 0.3) is 5.91 Å². The van der Waals surface area contributed by atoms with E-state index in [1.165, 1.54) is 23.9 Å². The zero-order valence-electron chi connectivity index (χ0n) is 17.1. The Morgan fingerprint density at radius 3 is 2.61 bits per heavy atom. The van der Waals surface area contributed by atoms with Gasteiger partial charge in [-0.05, 0) is 53.4 Å². The van der Waals surface area contributed by atoms with Gasteiger partial charge in [0, 0.05) is 11.3 Å². The van der Waals surface area contributed by atoms with E-state index in [1.807, 2.05) is 35.7 Å². The number of hydrogen-bond donors (Lipinski definition) is 0. The van der Waals surface area contributed by atoms with E-state index in [0.29, 0.717) is 17.9 Å². The molecule has 2 heterocycles. The largest absolute Gasteiger partial charge is 0.493 e. The van der Waals surface area contributed by atoms with Crippen LogP contribution in [0.3, 0.4) is 0 Å². The molecule has 0 bridgehead atoms. The quantitative estimate of drug-likeness (QED) is 0.448. The maximum Gasteiger partial charge on any atom is 0.253 e. The Kier molecular flexibility index (Phi) is 6.58. The molecule has 0 N–H and O–H groups in total. The number of hydrazone groups is 1. The van der Waals surface area contributed by atoms with Crippen molar-refractivity contribution in [3.8, 4) is 11.5 Å². The number of rotatable bonds is 7. The molecule has 0 saturated carbocycles. The van der Waals surface area contributed by atoms with Gasteiger partial charge in [-0.3, -0.25) is 4.79 Å². The number of halogens is 1. The van der Waals surface area contributed by atoms with Crippen LogP contribution in [0, 0.1) is 5.82 Å². The summed E-state index contributed by atoms with van der Waals surface area (Å²) in [7, 11) is 3.18. The zero-order valence-corrected chi connectivity index (χ0v) is 18.7. The number of methoxy groups -OCH3 is 2. The van der Waals surface area contributed by atoms with Gasteiger partial charge < -0.3 is 9.47 Å². The van der Waals surface area contributed by atoms with Crippen LogP contribution in [0.4, 0.5) is 4.39 Å². The van der Waals surface area contributed by atoms with Crippen LogP contribution in [0.2, 0.25) is 0 Å². The second-order valence-electron chi connectivity index (χ2n) is 6.84. The molecule has 0 aliphatic carbocycles. The molecule has 0 saturated heterocycles. The normalized spacial score (nSPS) is 15.6. The molecule has 1 aliphatic heterocycles. The SMILES string of the molecule is COc1ccc([C@H]2CC(c3cccs3)=NN2C(=O)CSc2ccc(F)cc2)cc1OC. The molecule has 3 aromatic rings. The van der Waals surface area contributed by atoms with Crippen LogP contribution in [-0.4, -0.2) is 36.6 Å². The second kappa shape index (κ2) is 9.53. The summed E-state index contributed by atoms with van der Waals surface area (Å²) in [6, 6.07) is 15.5. The summed E-state index contributed by atoms with van der Waals surface area (Å²) < 4.78 is 23.9. The number of amides is 1. The summed E-state index contributed by atoms with van der Waals surface area (Å²) in [6.07, 6.45) is 0.614. The third-order valence-electron chi connectivity index (χ3n) is 4.94. The number of nitrogens with zero attached hydrogens (tertiary/aromatic N) is 2. The lowest BCUT2D eigenvalue weighted by atomic mass is 10.0. The van der Waals surface area contributed by atoms with Crippen molar-refractivity contribution in [2.24, 2.45) is 5.10 Å². The summed E-state index contributed by atoms with van der Waals surface area (Å²) in [6.45, 7) is 0. The highest BCUT2D eigenvalue weighted by Crippen LogP contribution is 2.38. The van der Waals surface area contributed by atoms with Gasteiger partial charge in [0.1, 0.15) is 5.82 Å². The number of thioether (sulfide) groups is 1. The van der Waals surface area contributed by atoms with Crippen molar-refractivity contribution < 1.29 is 18.7 Å². The van der Waals surface area contributed by atoms with Crippen LogP contribution in [-0.2, 0) is 4.79 Å². The predicted octanol–water partition coefficient (Wildman–Crippen LogP) is 5.37. The molecule has 1 aromatic heterocycles. The Morgan fingerprint density at radius 1 is 1.16 bits per heavy atom. The average molecular weight is 457 g/mol. The first-order valence-corrected chi connectivity index (χ1v) is 11.5. The predicted molar refractivity (Wildman–Crippen MR) is 122 cm³/mol. The molecular weight excluding hydrogens is 435 g/mol. The van der Waals surface area contributed by atoms with Crippen molar-refractivity contribution in [1.29, 1.82) is 0 Å². The lowest BCUT2D eigenvalue weighted by Crippen LogP contribution is -2.28. The lowest BCUT2D eigenvalue weighted by Gasteiger charge is -2.23. The van der Waals surface area contributed by atoms with Crippen LogP contribution < -0.4 is 9.47 Å². The van der Waals surface area contributed by atoms with Gasteiger partial charge in [0.05, 0.1) is 36.6 Å². The monoisotopic (exact) mass is 456 g/mol. The van der Waals surface area contributed by atoms with E-state index < -0.39 is 0 Å². The van der Waals surface area contributed by atoms with Crippen molar-refractivity contribution in [2.75, 3.05) is 20.0 Å². The number of ether oxygens (including phenoxy) is 2. The Labute approximate surface area is 188 Å². The topological polar surface area (TPSA) is 51.1 Å². The maximum atomic E-state index is 13.1. The van der Waals surface area contributed by atoms with E-state index in [0.717, 1.165) is 21.0 Å². The van der Waals surface area contributed by atoms with E-state index in [4.69, 9.17) is 9.47 Å². The number of benzene rings is 2. The molecule has 31 heavy (non-hydrogen) atoms. The highest BCUT2D eigenvalue weighted by atomic mass is 32.2. The van der Waals surface area contributed by atoms with Gasteiger partial charge in [-0.25, -0.2) is 9.40 Å². The number of carbonyl (C=O) groups is 1. The van der Waals surface area contributed by atoms with E-state index in [2.05, 4.69) is 5.10 Å². The Bertz CT molecular complexity index is 1080.